The predicted octanol–water partition coefficient (Wildman–Crippen LogP) is 1.16. The van der Waals surface area contributed by atoms with Crippen molar-refractivity contribution in [3.8, 4) is 0 Å². The van der Waals surface area contributed by atoms with E-state index in [9.17, 15) is 0 Å². The fourth-order valence-corrected chi connectivity index (χ4v) is 2.35. The second kappa shape index (κ2) is 2.46. The summed E-state index contributed by atoms with van der Waals surface area (Å²) >= 11 is 0. The van der Waals surface area contributed by atoms with Crippen LogP contribution in [0.15, 0.2) is 0 Å². The van der Waals surface area contributed by atoms with Crippen LogP contribution in [0, 0.1) is 5.41 Å². The maximum atomic E-state index is 5.75. The van der Waals surface area contributed by atoms with Gasteiger partial charge in [0.05, 0.1) is 12.7 Å². The van der Waals surface area contributed by atoms with Crippen molar-refractivity contribution in [2.45, 2.75) is 38.8 Å². The van der Waals surface area contributed by atoms with E-state index in [1.807, 2.05) is 0 Å². The molecule has 0 spiro atoms. The van der Waals surface area contributed by atoms with E-state index in [1.165, 1.54) is 12.8 Å². The first-order chi connectivity index (χ1) is 5.20. The van der Waals surface area contributed by atoms with Gasteiger partial charge in [-0.1, -0.05) is 13.8 Å². The van der Waals surface area contributed by atoms with Crippen LogP contribution < -0.4 is 5.32 Å². The van der Waals surface area contributed by atoms with Crippen molar-refractivity contribution in [1.29, 1.82) is 0 Å². The molecule has 2 nitrogen and oxygen atoms in total. The van der Waals surface area contributed by atoms with Gasteiger partial charge in [0.15, 0.2) is 0 Å². The van der Waals surface area contributed by atoms with Crippen molar-refractivity contribution < 1.29 is 4.74 Å². The van der Waals surface area contributed by atoms with E-state index >= 15 is 0 Å². The number of rotatable bonds is 0. The van der Waals surface area contributed by atoms with Gasteiger partial charge in [-0.05, 0) is 18.3 Å². The Balaban J connectivity index is 2.10. The van der Waals surface area contributed by atoms with E-state index in [1.54, 1.807) is 0 Å². The van der Waals surface area contributed by atoms with Crippen LogP contribution in [0.1, 0.15) is 26.7 Å². The lowest BCUT2D eigenvalue weighted by molar-refractivity contribution is -0.0422. The largest absolute Gasteiger partial charge is 0.375 e. The van der Waals surface area contributed by atoms with Crippen molar-refractivity contribution in [2.75, 3.05) is 13.2 Å². The van der Waals surface area contributed by atoms with Gasteiger partial charge >= 0.3 is 0 Å². The van der Waals surface area contributed by atoms with Crippen molar-refractivity contribution in [1.82, 2.24) is 5.32 Å². The van der Waals surface area contributed by atoms with Gasteiger partial charge in [-0.2, -0.15) is 0 Å². The molecule has 0 aromatic carbocycles. The third-order valence-corrected chi connectivity index (χ3v) is 3.04. The summed E-state index contributed by atoms with van der Waals surface area (Å²) in [6.07, 6.45) is 3.06. The molecule has 2 atom stereocenters. The molecule has 1 N–H and O–H groups in total. The highest BCUT2D eigenvalue weighted by atomic mass is 16.5. The van der Waals surface area contributed by atoms with Crippen molar-refractivity contribution in [2.24, 2.45) is 5.41 Å². The number of nitrogens with one attached hydrogen (secondary N) is 1. The summed E-state index contributed by atoms with van der Waals surface area (Å²) in [4.78, 5) is 0. The average molecular weight is 155 g/mol. The molecular weight excluding hydrogens is 138 g/mol. The zero-order valence-electron chi connectivity index (χ0n) is 7.39. The fourth-order valence-electron chi connectivity index (χ4n) is 2.35. The Morgan fingerprint density at radius 3 is 3.00 bits per heavy atom. The molecule has 64 valence electrons. The highest BCUT2D eigenvalue weighted by Gasteiger charge is 2.43. The summed E-state index contributed by atoms with van der Waals surface area (Å²) in [5.41, 5.74) is 0.401. The molecule has 0 bridgehead atoms. The molecule has 2 rings (SSSR count). The topological polar surface area (TPSA) is 21.3 Å². The Morgan fingerprint density at radius 1 is 1.45 bits per heavy atom. The van der Waals surface area contributed by atoms with E-state index < -0.39 is 0 Å². The van der Waals surface area contributed by atoms with Gasteiger partial charge in [-0.3, -0.25) is 0 Å². The van der Waals surface area contributed by atoms with Crippen molar-refractivity contribution in [3.05, 3.63) is 0 Å². The number of hydrogen-bond donors (Lipinski definition) is 1. The Morgan fingerprint density at radius 2 is 2.27 bits per heavy atom. The Hall–Kier alpha value is -0.0800. The van der Waals surface area contributed by atoms with E-state index in [0.717, 1.165) is 13.2 Å². The molecule has 2 heteroatoms. The molecule has 11 heavy (non-hydrogen) atoms. The lowest BCUT2D eigenvalue weighted by atomic mass is 9.88. The van der Waals surface area contributed by atoms with Crippen LogP contribution in [0.4, 0.5) is 0 Å². The molecule has 1 saturated carbocycles. The van der Waals surface area contributed by atoms with Crippen LogP contribution in [0.5, 0.6) is 0 Å². The van der Waals surface area contributed by atoms with Gasteiger partial charge in [-0.25, -0.2) is 0 Å². The number of morpholine rings is 1. The van der Waals surface area contributed by atoms with Gasteiger partial charge in [0.25, 0.3) is 0 Å². The lowest BCUT2D eigenvalue weighted by Gasteiger charge is -2.34. The maximum absolute atomic E-state index is 5.75. The molecule has 0 aromatic rings. The minimum atomic E-state index is 0.401. The lowest BCUT2D eigenvalue weighted by Crippen LogP contribution is -2.49. The first-order valence-electron chi connectivity index (χ1n) is 4.55. The molecule has 0 radical (unpaired) electrons. The highest BCUT2D eigenvalue weighted by molar-refractivity contribution is 4.97. The average Bonchev–Trinajstić information content (AvgIpc) is 2.29. The molecule has 0 aromatic heterocycles. The smallest absolute Gasteiger partial charge is 0.0779 e. The minimum absolute atomic E-state index is 0.401. The summed E-state index contributed by atoms with van der Waals surface area (Å²) in [6.45, 7) is 6.55. The minimum Gasteiger partial charge on any atom is -0.375 e. The zero-order valence-corrected chi connectivity index (χ0v) is 7.39. The van der Waals surface area contributed by atoms with Gasteiger partial charge < -0.3 is 10.1 Å². The van der Waals surface area contributed by atoms with Crippen molar-refractivity contribution >= 4 is 0 Å². The second-order valence-electron chi connectivity index (χ2n) is 4.38. The first-order valence-corrected chi connectivity index (χ1v) is 4.55. The van der Waals surface area contributed by atoms with Crippen LogP contribution in [0.25, 0.3) is 0 Å². The summed E-state index contributed by atoms with van der Waals surface area (Å²) in [5.74, 6) is 0. The summed E-state index contributed by atoms with van der Waals surface area (Å²) in [7, 11) is 0. The third-order valence-electron chi connectivity index (χ3n) is 3.04. The molecular formula is C9H17NO. The Bertz CT molecular complexity index is 156. The monoisotopic (exact) mass is 155 g/mol. The quantitative estimate of drug-likeness (QED) is 0.567. The van der Waals surface area contributed by atoms with Crippen LogP contribution in [-0.4, -0.2) is 25.3 Å². The molecule has 1 heterocycles. The fraction of sp³-hybridized carbons (Fsp3) is 1.00. The first kappa shape index (κ1) is 7.56. The number of ether oxygens (including phenoxy) is 1. The van der Waals surface area contributed by atoms with Gasteiger partial charge in [0.2, 0.25) is 0 Å². The van der Waals surface area contributed by atoms with Gasteiger partial charge in [-0.15, -0.1) is 0 Å². The molecule has 2 unspecified atom stereocenters. The molecule has 2 fully saturated rings. The SMILES string of the molecule is CC1(C)CCC2NCCOC21. The van der Waals surface area contributed by atoms with E-state index in [2.05, 4.69) is 19.2 Å². The second-order valence-corrected chi connectivity index (χ2v) is 4.38. The normalized spacial score (nSPS) is 42.0. The van der Waals surface area contributed by atoms with Gasteiger partial charge in [0.1, 0.15) is 0 Å². The van der Waals surface area contributed by atoms with Crippen LogP contribution >= 0.6 is 0 Å². The third kappa shape index (κ3) is 1.18. The van der Waals surface area contributed by atoms with E-state index in [0.29, 0.717) is 17.6 Å². The maximum Gasteiger partial charge on any atom is 0.0779 e. The molecule has 1 saturated heterocycles. The van der Waals surface area contributed by atoms with E-state index in [-0.39, 0.29) is 0 Å². The summed E-state index contributed by atoms with van der Waals surface area (Å²) < 4.78 is 5.75. The van der Waals surface area contributed by atoms with Gasteiger partial charge in [0, 0.05) is 12.6 Å². The highest BCUT2D eigenvalue weighted by Crippen LogP contribution is 2.40. The summed E-state index contributed by atoms with van der Waals surface area (Å²) in [5, 5.41) is 3.51. The van der Waals surface area contributed by atoms with E-state index in [4.69, 9.17) is 4.74 Å². The van der Waals surface area contributed by atoms with Crippen LogP contribution in [0.3, 0.4) is 0 Å². The number of fused-ring (bicyclic) bond motifs is 1. The molecule has 2 aliphatic rings. The molecule has 1 aliphatic carbocycles. The van der Waals surface area contributed by atoms with Crippen LogP contribution in [0.2, 0.25) is 0 Å². The predicted molar refractivity (Wildman–Crippen MR) is 44.5 cm³/mol. The van der Waals surface area contributed by atoms with Crippen LogP contribution in [-0.2, 0) is 4.74 Å². The Labute approximate surface area is 68.3 Å². The molecule has 0 amide bonds. The summed E-state index contributed by atoms with van der Waals surface area (Å²) in [6, 6.07) is 0.638. The number of hydrogen-bond acceptors (Lipinski definition) is 2. The van der Waals surface area contributed by atoms with Crippen molar-refractivity contribution in [3.63, 3.8) is 0 Å². The standard InChI is InChI=1S/C9H17NO/c1-9(2)4-3-7-8(9)11-6-5-10-7/h7-8,10H,3-6H2,1-2H3. The zero-order chi connectivity index (χ0) is 7.90. The Kier molecular flexibility index (Phi) is 1.69. The molecule has 1 aliphatic heterocycles.